The number of hydrogen-bond donors (Lipinski definition) is 0. The quantitative estimate of drug-likeness (QED) is 0.147. The van der Waals surface area contributed by atoms with Gasteiger partial charge in [-0.25, -0.2) is 0 Å². The van der Waals surface area contributed by atoms with Gasteiger partial charge >= 0.3 is 0 Å². The Morgan fingerprint density at radius 1 is 0.161 bits per heavy atom. The molecule has 0 nitrogen and oxygen atoms in total. The van der Waals surface area contributed by atoms with Crippen molar-refractivity contribution in [1.82, 2.24) is 0 Å². The van der Waals surface area contributed by atoms with Gasteiger partial charge in [-0.1, -0.05) is 231 Å². The molecule has 0 amide bonds. The Kier molecular flexibility index (Phi) is 8.61. The highest BCUT2D eigenvalue weighted by molar-refractivity contribution is 6.39. The van der Waals surface area contributed by atoms with Gasteiger partial charge in [0.15, 0.2) is 0 Å². The highest BCUT2D eigenvalue weighted by atomic mass is 14.2. The average Bonchev–Trinajstić information content (AvgIpc) is 3.36. The number of rotatable bonds is 6. The minimum Gasteiger partial charge on any atom is -0.0622 e. The summed E-state index contributed by atoms with van der Waals surface area (Å²) in [6.45, 7) is 0. The van der Waals surface area contributed by atoms with E-state index in [0.29, 0.717) is 0 Å². The highest BCUT2D eigenvalue weighted by Crippen LogP contribution is 2.48. The van der Waals surface area contributed by atoms with Gasteiger partial charge in [-0.3, -0.25) is 0 Å². The molecule has 0 aromatic heterocycles. The van der Waals surface area contributed by atoms with E-state index in [-0.39, 0.29) is 0 Å². The summed E-state index contributed by atoms with van der Waals surface area (Å²) in [6, 6.07) is 89.2. The van der Waals surface area contributed by atoms with E-state index in [2.05, 4.69) is 243 Å². The highest BCUT2D eigenvalue weighted by Gasteiger charge is 2.20. The molecule has 0 N–H and O–H groups in total. The van der Waals surface area contributed by atoms with Crippen molar-refractivity contribution in [2.75, 3.05) is 0 Å². The second kappa shape index (κ2) is 14.9. The lowest BCUT2D eigenvalue weighted by molar-refractivity contribution is 1.57. The summed E-state index contributed by atoms with van der Waals surface area (Å²) in [5, 5.41) is 12.7. The van der Waals surface area contributed by atoms with Crippen LogP contribution in [0, 0.1) is 0 Å². The largest absolute Gasteiger partial charge is 0.0622 e. The molecule has 62 heavy (non-hydrogen) atoms. The van der Waals surface area contributed by atoms with E-state index in [1.807, 2.05) is 0 Å². The molecule has 0 unspecified atom stereocenters. The topological polar surface area (TPSA) is 0 Å². The molecule has 12 aromatic carbocycles. The van der Waals surface area contributed by atoms with Crippen LogP contribution >= 0.6 is 0 Å². The molecule has 0 saturated heterocycles. The summed E-state index contributed by atoms with van der Waals surface area (Å²) in [7, 11) is 0. The summed E-state index contributed by atoms with van der Waals surface area (Å²) in [5.41, 5.74) is 14.7. The molecule has 0 heteroatoms. The fraction of sp³-hybridized carbons (Fsp3) is 0. The normalized spacial score (nSPS) is 11.5. The third kappa shape index (κ3) is 5.84. The van der Waals surface area contributed by atoms with Gasteiger partial charge in [-0.2, -0.15) is 0 Å². The fourth-order valence-corrected chi connectivity index (χ4v) is 10.1. The molecule has 288 valence electrons. The third-order valence-corrected chi connectivity index (χ3v) is 12.8. The first-order valence-corrected chi connectivity index (χ1v) is 21.5. The van der Waals surface area contributed by atoms with E-state index < -0.39 is 0 Å². The SMILES string of the molecule is c1ccc(-c2cccc(-c3ccc4c(c3)c3ccccc3c3c5ccc(-c6cccc(-c7ccccc7)c6-c6ccccc6)cc5c5ccccc5c43)c2-c2ccccc2)cc1. The van der Waals surface area contributed by atoms with Gasteiger partial charge in [-0.05, 0) is 133 Å². The maximum Gasteiger partial charge on any atom is -0.00139 e. The zero-order chi connectivity index (χ0) is 41.0. The van der Waals surface area contributed by atoms with Crippen LogP contribution in [0.4, 0.5) is 0 Å². The first-order valence-electron chi connectivity index (χ1n) is 21.5. The van der Waals surface area contributed by atoms with Crippen molar-refractivity contribution >= 4 is 53.9 Å². The Balaban J connectivity index is 1.13. The Hall–Kier alpha value is -8.06. The second-order valence-electron chi connectivity index (χ2n) is 16.3. The predicted octanol–water partition coefficient (Wildman–Crippen LogP) is 17.5. The van der Waals surface area contributed by atoms with E-state index in [4.69, 9.17) is 0 Å². The van der Waals surface area contributed by atoms with Crippen LogP contribution in [0.25, 0.3) is 121 Å². The second-order valence-corrected chi connectivity index (χ2v) is 16.3. The molecule has 0 saturated carbocycles. The average molecular weight is 785 g/mol. The van der Waals surface area contributed by atoms with Crippen LogP contribution in [0.2, 0.25) is 0 Å². The van der Waals surface area contributed by atoms with Gasteiger partial charge in [-0.15, -0.1) is 0 Å². The van der Waals surface area contributed by atoms with Crippen molar-refractivity contribution in [2.24, 2.45) is 0 Å². The van der Waals surface area contributed by atoms with Crippen LogP contribution in [0.15, 0.2) is 243 Å². The Morgan fingerprint density at radius 3 is 0.823 bits per heavy atom. The standard InChI is InChI=1S/C62H40/c1-5-19-41(20-6-1)47-31-17-33-49(59(47)43-23-9-3-10-24-43)45-35-37-55-57(39-45)51-27-13-15-29-53(51)62-56-38-36-46(40-58(56)52-28-14-16-30-54(52)61(55)62)50-34-18-32-48(42-21-7-2-8-22-42)60(50)44-25-11-4-12-26-44/h1-40H. The van der Waals surface area contributed by atoms with Crippen molar-refractivity contribution in [3.8, 4) is 66.8 Å². The van der Waals surface area contributed by atoms with Gasteiger partial charge < -0.3 is 0 Å². The maximum atomic E-state index is 2.44. The zero-order valence-corrected chi connectivity index (χ0v) is 34.1. The third-order valence-electron chi connectivity index (χ3n) is 12.8. The van der Waals surface area contributed by atoms with Gasteiger partial charge in [0.05, 0.1) is 0 Å². The Labute approximate surface area is 361 Å². The van der Waals surface area contributed by atoms with Crippen LogP contribution in [0.1, 0.15) is 0 Å². The molecule has 0 heterocycles. The van der Waals surface area contributed by atoms with Crippen molar-refractivity contribution in [1.29, 1.82) is 0 Å². The van der Waals surface area contributed by atoms with Crippen LogP contribution < -0.4 is 0 Å². The van der Waals surface area contributed by atoms with Crippen molar-refractivity contribution in [3.05, 3.63) is 243 Å². The zero-order valence-electron chi connectivity index (χ0n) is 34.1. The van der Waals surface area contributed by atoms with Crippen molar-refractivity contribution < 1.29 is 0 Å². The minimum atomic E-state index is 1.21. The summed E-state index contributed by atoms with van der Waals surface area (Å²) >= 11 is 0. The van der Waals surface area contributed by atoms with E-state index in [0.717, 1.165) is 0 Å². The first kappa shape index (κ1) is 35.8. The molecule has 12 aromatic rings. The molecule has 12 rings (SSSR count). The molecule has 0 bridgehead atoms. The number of fused-ring (bicyclic) bond motifs is 11. The summed E-state index contributed by atoms with van der Waals surface area (Å²) in [5.74, 6) is 0. The van der Waals surface area contributed by atoms with E-state index in [1.165, 1.54) is 121 Å². The lowest BCUT2D eigenvalue weighted by Crippen LogP contribution is -1.93. The molecule has 0 spiro atoms. The van der Waals surface area contributed by atoms with Gasteiger partial charge in [0, 0.05) is 0 Å². The number of hydrogen-bond acceptors (Lipinski definition) is 0. The minimum absolute atomic E-state index is 1.21. The molecule has 0 radical (unpaired) electrons. The summed E-state index contributed by atoms with van der Waals surface area (Å²) < 4.78 is 0. The van der Waals surface area contributed by atoms with Crippen molar-refractivity contribution in [3.63, 3.8) is 0 Å². The Morgan fingerprint density at radius 2 is 0.452 bits per heavy atom. The van der Waals surface area contributed by atoms with Crippen LogP contribution in [0.5, 0.6) is 0 Å². The van der Waals surface area contributed by atoms with Crippen LogP contribution in [-0.4, -0.2) is 0 Å². The lowest BCUT2D eigenvalue weighted by atomic mass is 9.83. The van der Waals surface area contributed by atoms with Crippen molar-refractivity contribution in [2.45, 2.75) is 0 Å². The predicted molar refractivity (Wildman–Crippen MR) is 267 cm³/mol. The number of benzene rings is 12. The molecule has 0 atom stereocenters. The molecule has 0 fully saturated rings. The first-order chi connectivity index (χ1) is 30.8. The lowest BCUT2D eigenvalue weighted by Gasteiger charge is -2.20. The van der Waals surface area contributed by atoms with Crippen LogP contribution in [-0.2, 0) is 0 Å². The molecule has 0 aliphatic rings. The molecule has 0 aliphatic heterocycles. The Bertz CT molecular complexity index is 3400. The molecular formula is C62H40. The van der Waals surface area contributed by atoms with Gasteiger partial charge in [0.2, 0.25) is 0 Å². The smallest absolute Gasteiger partial charge is 0.00139 e. The van der Waals surface area contributed by atoms with Gasteiger partial charge in [0.25, 0.3) is 0 Å². The van der Waals surface area contributed by atoms with E-state index >= 15 is 0 Å². The van der Waals surface area contributed by atoms with Crippen LogP contribution in [0.3, 0.4) is 0 Å². The van der Waals surface area contributed by atoms with E-state index in [9.17, 15) is 0 Å². The monoisotopic (exact) mass is 784 g/mol. The van der Waals surface area contributed by atoms with E-state index in [1.54, 1.807) is 0 Å². The van der Waals surface area contributed by atoms with Gasteiger partial charge in [0.1, 0.15) is 0 Å². The maximum absolute atomic E-state index is 2.44. The molecular weight excluding hydrogens is 745 g/mol. The molecule has 0 aliphatic carbocycles. The summed E-state index contributed by atoms with van der Waals surface area (Å²) in [6.07, 6.45) is 0. The summed E-state index contributed by atoms with van der Waals surface area (Å²) in [4.78, 5) is 0. The fourth-order valence-electron chi connectivity index (χ4n) is 10.1.